The quantitative estimate of drug-likeness (QED) is 0.312. The van der Waals surface area contributed by atoms with Gasteiger partial charge in [-0.1, -0.05) is 78.9 Å². The minimum atomic E-state index is 0.982. The first-order chi connectivity index (χ1) is 15.4. The Morgan fingerprint density at radius 3 is 1.42 bits per heavy atom. The van der Waals surface area contributed by atoms with Gasteiger partial charge in [0.1, 0.15) is 0 Å². The summed E-state index contributed by atoms with van der Waals surface area (Å²) in [6.45, 7) is 0. The van der Waals surface area contributed by atoms with E-state index in [1.54, 1.807) is 0 Å². The summed E-state index contributed by atoms with van der Waals surface area (Å²) in [5.41, 5.74) is 9.94. The van der Waals surface area contributed by atoms with Crippen LogP contribution in [0.5, 0.6) is 0 Å². The maximum atomic E-state index is 4.36. The number of fused-ring (bicyclic) bond motifs is 3. The number of aromatic nitrogens is 2. The minimum absolute atomic E-state index is 0.982. The summed E-state index contributed by atoms with van der Waals surface area (Å²) in [5.74, 6) is 0. The number of pyridine rings is 2. The molecule has 0 spiro atoms. The second-order valence-electron chi connectivity index (χ2n) is 7.50. The highest BCUT2D eigenvalue weighted by Crippen LogP contribution is 2.35. The summed E-state index contributed by atoms with van der Waals surface area (Å²) >= 11 is 0. The lowest BCUT2D eigenvalue weighted by Gasteiger charge is -2.04. The third-order valence-electron chi connectivity index (χ3n) is 5.49. The fraction of sp³-hybridized carbons (Fsp3) is 0.0345. The summed E-state index contributed by atoms with van der Waals surface area (Å²) in [6.07, 6.45) is 4.72. The van der Waals surface area contributed by atoms with Crippen molar-refractivity contribution < 1.29 is 0 Å². The van der Waals surface area contributed by atoms with Gasteiger partial charge in [0.25, 0.3) is 0 Å². The Bertz CT molecular complexity index is 1200. The zero-order valence-corrected chi connectivity index (χ0v) is 17.1. The van der Waals surface area contributed by atoms with Gasteiger partial charge in [0, 0.05) is 23.5 Å². The van der Waals surface area contributed by atoms with E-state index >= 15 is 0 Å². The van der Waals surface area contributed by atoms with Crippen LogP contribution in [-0.4, -0.2) is 9.97 Å². The summed E-state index contributed by atoms with van der Waals surface area (Å²) in [6, 6.07) is 37.4. The van der Waals surface area contributed by atoms with Crippen molar-refractivity contribution in [3.05, 3.63) is 133 Å². The van der Waals surface area contributed by atoms with Gasteiger partial charge < -0.3 is 0 Å². The molecule has 0 unspecified atom stereocenters. The lowest BCUT2D eigenvalue weighted by atomic mass is 10.1. The topological polar surface area (TPSA) is 25.8 Å². The van der Waals surface area contributed by atoms with E-state index in [0.717, 1.165) is 28.9 Å². The molecule has 2 heteroatoms. The fourth-order valence-corrected chi connectivity index (χ4v) is 3.98. The van der Waals surface area contributed by atoms with E-state index in [9.17, 15) is 0 Å². The molecule has 0 saturated carbocycles. The molecule has 2 nitrogen and oxygen atoms in total. The molecule has 2 aromatic heterocycles. The molecule has 0 N–H and O–H groups in total. The minimum Gasteiger partial charge on any atom is -0.256 e. The molecular formula is C29H22N2. The molecule has 0 fully saturated rings. The smallest absolute Gasteiger partial charge is 0.0702 e. The molecular weight excluding hydrogens is 376 g/mol. The van der Waals surface area contributed by atoms with Crippen LogP contribution in [0.4, 0.5) is 0 Å². The number of hydrogen-bond donors (Lipinski definition) is 0. The molecule has 148 valence electrons. The van der Waals surface area contributed by atoms with Crippen molar-refractivity contribution >= 4 is 0 Å². The van der Waals surface area contributed by atoms with Crippen LogP contribution >= 0.6 is 0 Å². The van der Waals surface area contributed by atoms with Crippen molar-refractivity contribution in [1.82, 2.24) is 9.97 Å². The van der Waals surface area contributed by atoms with Gasteiger partial charge in [-0.15, -0.1) is 0 Å². The van der Waals surface area contributed by atoms with E-state index in [2.05, 4.69) is 76.7 Å². The van der Waals surface area contributed by atoms with Gasteiger partial charge in [-0.05, 0) is 59.0 Å². The van der Waals surface area contributed by atoms with Gasteiger partial charge in [0.05, 0.1) is 11.4 Å². The van der Waals surface area contributed by atoms with Crippen molar-refractivity contribution in [2.24, 2.45) is 0 Å². The Hall–Kier alpha value is -4.04. The Labute approximate surface area is 182 Å². The first kappa shape index (κ1) is 19.0. The lowest BCUT2D eigenvalue weighted by molar-refractivity contribution is 1.26. The summed E-state index contributed by atoms with van der Waals surface area (Å²) < 4.78 is 0. The first-order valence-electron chi connectivity index (χ1n) is 10.5. The molecule has 0 amide bonds. The van der Waals surface area contributed by atoms with E-state index in [1.165, 1.54) is 22.3 Å². The molecule has 2 heterocycles. The van der Waals surface area contributed by atoms with Crippen molar-refractivity contribution in [3.63, 3.8) is 0 Å². The van der Waals surface area contributed by atoms with Crippen molar-refractivity contribution in [2.75, 3.05) is 0 Å². The molecule has 0 saturated heterocycles. The van der Waals surface area contributed by atoms with Crippen LogP contribution < -0.4 is 0 Å². The lowest BCUT2D eigenvalue weighted by Crippen LogP contribution is -1.85. The molecule has 0 radical (unpaired) electrons. The first-order valence-corrected chi connectivity index (χ1v) is 10.5. The third kappa shape index (κ3) is 4.15. The Kier molecular flexibility index (Phi) is 5.36. The molecule has 0 aliphatic heterocycles. The maximum Gasteiger partial charge on any atom is 0.0702 e. The van der Waals surface area contributed by atoms with E-state index in [0.29, 0.717) is 0 Å². The second-order valence-corrected chi connectivity index (χ2v) is 7.50. The molecule has 6 rings (SSSR count). The monoisotopic (exact) mass is 398 g/mol. The van der Waals surface area contributed by atoms with Gasteiger partial charge >= 0.3 is 0 Å². The zero-order valence-electron chi connectivity index (χ0n) is 17.1. The van der Waals surface area contributed by atoms with Gasteiger partial charge in [0.15, 0.2) is 0 Å². The van der Waals surface area contributed by atoms with Crippen molar-refractivity contribution in [1.29, 1.82) is 0 Å². The van der Waals surface area contributed by atoms with Crippen LogP contribution in [0, 0.1) is 0 Å². The van der Waals surface area contributed by atoms with E-state index in [1.807, 2.05) is 54.9 Å². The fourth-order valence-electron chi connectivity index (χ4n) is 3.98. The third-order valence-corrected chi connectivity index (χ3v) is 5.49. The molecule has 5 aromatic rings. The van der Waals surface area contributed by atoms with Crippen LogP contribution in [0.15, 0.2) is 122 Å². The number of rotatable bonds is 2. The van der Waals surface area contributed by atoms with Crippen LogP contribution in [0.3, 0.4) is 0 Å². The normalized spacial score (nSPS) is 11.1. The standard InChI is InChI=1S/C16H12N2.C13H10/c1-3-10-17-15(8-1)13-6-5-7-14(12-13)16-9-2-4-11-18-16;1-3-7-12-10(5-1)9-11-6-2-4-8-13(11)12/h1-12H;1-8H,9H2. The Balaban J connectivity index is 0.000000138. The zero-order chi connectivity index (χ0) is 20.9. The van der Waals surface area contributed by atoms with Gasteiger partial charge in [-0.2, -0.15) is 0 Å². The SMILES string of the molecule is c1ccc(-c2cccc(-c3ccccn3)c2)nc1.c1ccc2c(c1)Cc1ccccc1-2. The number of benzene rings is 3. The summed E-state index contributed by atoms with van der Waals surface area (Å²) in [5, 5.41) is 0. The molecule has 3 aromatic carbocycles. The Morgan fingerprint density at radius 2 is 0.935 bits per heavy atom. The average Bonchev–Trinajstić information content (AvgIpc) is 3.24. The number of hydrogen-bond acceptors (Lipinski definition) is 2. The highest BCUT2D eigenvalue weighted by atomic mass is 14.7. The highest BCUT2D eigenvalue weighted by Gasteiger charge is 2.15. The predicted molar refractivity (Wildman–Crippen MR) is 128 cm³/mol. The van der Waals surface area contributed by atoms with E-state index in [4.69, 9.17) is 0 Å². The van der Waals surface area contributed by atoms with Crippen LogP contribution in [0.1, 0.15) is 11.1 Å². The second kappa shape index (κ2) is 8.76. The Morgan fingerprint density at radius 1 is 0.452 bits per heavy atom. The average molecular weight is 399 g/mol. The largest absolute Gasteiger partial charge is 0.256 e. The maximum absolute atomic E-state index is 4.36. The molecule has 0 bridgehead atoms. The van der Waals surface area contributed by atoms with E-state index in [-0.39, 0.29) is 0 Å². The highest BCUT2D eigenvalue weighted by molar-refractivity contribution is 5.76. The summed E-state index contributed by atoms with van der Waals surface area (Å²) in [7, 11) is 0. The van der Waals surface area contributed by atoms with Gasteiger partial charge in [-0.25, -0.2) is 0 Å². The molecule has 1 aliphatic rings. The molecule has 31 heavy (non-hydrogen) atoms. The molecule has 0 atom stereocenters. The van der Waals surface area contributed by atoms with Crippen LogP contribution in [0.2, 0.25) is 0 Å². The van der Waals surface area contributed by atoms with Gasteiger partial charge in [0.2, 0.25) is 0 Å². The van der Waals surface area contributed by atoms with Crippen molar-refractivity contribution in [3.8, 4) is 33.6 Å². The van der Waals surface area contributed by atoms with Crippen LogP contribution in [0.25, 0.3) is 33.6 Å². The van der Waals surface area contributed by atoms with Gasteiger partial charge in [-0.3, -0.25) is 9.97 Å². The van der Waals surface area contributed by atoms with Crippen LogP contribution in [-0.2, 0) is 6.42 Å². The number of nitrogens with zero attached hydrogens (tertiary/aromatic N) is 2. The molecule has 1 aliphatic carbocycles. The predicted octanol–water partition coefficient (Wildman–Crippen LogP) is 7.07. The van der Waals surface area contributed by atoms with E-state index < -0.39 is 0 Å². The summed E-state index contributed by atoms with van der Waals surface area (Å²) in [4.78, 5) is 8.73. The van der Waals surface area contributed by atoms with Crippen molar-refractivity contribution in [2.45, 2.75) is 6.42 Å².